The average Bonchev–Trinajstić information content (AvgIpc) is 2.67. The zero-order valence-corrected chi connectivity index (χ0v) is 13.2. The molecule has 0 saturated carbocycles. The summed E-state index contributed by atoms with van der Waals surface area (Å²) in [6.07, 6.45) is -2.93. The molecule has 0 saturated heterocycles. The maximum Gasteiger partial charge on any atom is 0.288 e. The van der Waals surface area contributed by atoms with Crippen molar-refractivity contribution in [2.24, 2.45) is 0 Å². The number of rotatable bonds is 3. The van der Waals surface area contributed by atoms with Crippen LogP contribution in [0.4, 0.5) is 22.0 Å². The van der Waals surface area contributed by atoms with Crippen LogP contribution in [0.25, 0.3) is 0 Å². The van der Waals surface area contributed by atoms with Gasteiger partial charge in [0, 0.05) is 35.8 Å². The predicted octanol–water partition coefficient (Wildman–Crippen LogP) is 3.50. The second kappa shape index (κ2) is 6.81. The summed E-state index contributed by atoms with van der Waals surface area (Å²) in [5, 5.41) is 9.88. The molecule has 1 N–H and O–H groups in total. The summed E-state index contributed by atoms with van der Waals surface area (Å²) in [6, 6.07) is 2.18. The maximum atomic E-state index is 13.8. The third-order valence-corrected chi connectivity index (χ3v) is 5.15. The number of aliphatic hydroxyl groups excluding tert-OH is 1. The molecule has 0 fully saturated rings. The van der Waals surface area contributed by atoms with Gasteiger partial charge in [-0.15, -0.1) is 0 Å². The smallest absolute Gasteiger partial charge is 0.288 e. The van der Waals surface area contributed by atoms with Gasteiger partial charge in [0.15, 0.2) is 11.0 Å². The number of aliphatic hydroxyl groups is 1. The molecule has 3 rings (SSSR count). The Bertz CT molecular complexity index is 770. The van der Waals surface area contributed by atoms with Crippen LogP contribution in [0.1, 0.15) is 6.42 Å². The Morgan fingerprint density at radius 2 is 1.84 bits per heavy atom. The Labute approximate surface area is 142 Å². The maximum absolute atomic E-state index is 13.8. The second-order valence-corrected chi connectivity index (χ2v) is 6.81. The number of allylic oxidation sites excluding steroid dienone is 2. The molecule has 1 heterocycles. The van der Waals surface area contributed by atoms with Gasteiger partial charge < -0.3 is 14.4 Å². The summed E-state index contributed by atoms with van der Waals surface area (Å²) in [4.78, 5) is -0.251. The molecule has 2 aliphatic rings. The van der Waals surface area contributed by atoms with Crippen molar-refractivity contribution in [3.8, 4) is 5.75 Å². The third-order valence-electron chi connectivity index (χ3n) is 3.69. The first-order chi connectivity index (χ1) is 11.8. The van der Waals surface area contributed by atoms with Crippen molar-refractivity contribution in [1.29, 1.82) is 0 Å². The molecule has 25 heavy (non-hydrogen) atoms. The molecule has 1 aliphatic carbocycles. The summed E-state index contributed by atoms with van der Waals surface area (Å²) in [6.45, 7) is 0. The largest absolute Gasteiger partial charge is 0.609 e. The summed E-state index contributed by atoms with van der Waals surface area (Å²) in [5.74, 6) is -2.71. The average molecular weight is 378 g/mol. The number of hydrogen-bond donors (Lipinski definition) is 1. The molecule has 3 nitrogen and oxygen atoms in total. The highest BCUT2D eigenvalue weighted by Crippen LogP contribution is 2.43. The summed E-state index contributed by atoms with van der Waals surface area (Å²) in [5.41, 5.74) is -3.58. The fraction of sp³-hybridized carbons (Fsp3) is 0.250. The van der Waals surface area contributed by atoms with E-state index in [2.05, 4.69) is 0 Å². The molecule has 1 aliphatic heterocycles. The molecule has 3 atom stereocenters. The summed E-state index contributed by atoms with van der Waals surface area (Å²) >= 11 is -2.30. The summed E-state index contributed by atoms with van der Waals surface area (Å²) < 4.78 is 84.6. The standard InChI is InChI=1S/C16H11F5O3S/c17-7-4-8(18)6-9(5-7)24-10-2-1-3-11-13(12(10)15(19)20)14(22)16(21)25(11)23/h1,3-6,14-16,22H,2H2. The van der Waals surface area contributed by atoms with E-state index in [1.807, 2.05) is 0 Å². The van der Waals surface area contributed by atoms with Crippen LogP contribution in [0.15, 0.2) is 52.2 Å². The minimum absolute atomic E-state index is 0.217. The second-order valence-electron chi connectivity index (χ2n) is 5.32. The molecular weight excluding hydrogens is 367 g/mol. The van der Waals surface area contributed by atoms with Gasteiger partial charge in [-0.3, -0.25) is 0 Å². The predicted molar refractivity (Wildman–Crippen MR) is 79.8 cm³/mol. The van der Waals surface area contributed by atoms with Crippen molar-refractivity contribution in [1.82, 2.24) is 0 Å². The topological polar surface area (TPSA) is 52.5 Å². The lowest BCUT2D eigenvalue weighted by Gasteiger charge is -2.17. The van der Waals surface area contributed by atoms with Crippen LogP contribution >= 0.6 is 0 Å². The minimum atomic E-state index is -3.18. The lowest BCUT2D eigenvalue weighted by molar-refractivity contribution is 0.140. The summed E-state index contributed by atoms with van der Waals surface area (Å²) in [7, 11) is 0. The van der Waals surface area contributed by atoms with E-state index in [4.69, 9.17) is 4.74 Å². The van der Waals surface area contributed by atoms with Crippen LogP contribution in [0.2, 0.25) is 0 Å². The first kappa shape index (κ1) is 18.0. The Kier molecular flexibility index (Phi) is 4.90. The third kappa shape index (κ3) is 3.31. The van der Waals surface area contributed by atoms with E-state index in [9.17, 15) is 31.6 Å². The van der Waals surface area contributed by atoms with Gasteiger partial charge in [-0.25, -0.2) is 17.6 Å². The van der Waals surface area contributed by atoms with Gasteiger partial charge in [0.1, 0.15) is 23.1 Å². The quantitative estimate of drug-likeness (QED) is 0.647. The highest BCUT2D eigenvalue weighted by Gasteiger charge is 2.49. The van der Waals surface area contributed by atoms with E-state index >= 15 is 0 Å². The molecule has 3 unspecified atom stereocenters. The van der Waals surface area contributed by atoms with Crippen molar-refractivity contribution >= 4 is 11.2 Å². The highest BCUT2D eigenvalue weighted by molar-refractivity contribution is 7.96. The van der Waals surface area contributed by atoms with Crippen LogP contribution in [-0.2, 0) is 11.2 Å². The lowest BCUT2D eigenvalue weighted by atomic mass is 10.00. The molecule has 134 valence electrons. The first-order valence-electron chi connectivity index (χ1n) is 7.08. The minimum Gasteiger partial charge on any atom is -0.609 e. The first-order valence-corrected chi connectivity index (χ1v) is 8.30. The van der Waals surface area contributed by atoms with E-state index in [0.717, 1.165) is 12.1 Å². The van der Waals surface area contributed by atoms with Gasteiger partial charge in [0.25, 0.3) is 11.9 Å². The molecule has 9 heteroatoms. The zero-order valence-electron chi connectivity index (χ0n) is 12.4. The molecule has 1 aromatic carbocycles. The van der Waals surface area contributed by atoms with Gasteiger partial charge in [-0.05, 0) is 6.08 Å². The number of alkyl halides is 3. The van der Waals surface area contributed by atoms with Crippen molar-refractivity contribution in [2.45, 2.75) is 24.5 Å². The SMILES string of the molecule is [O-][S+]1C2=C(C(C(F)F)=C(Oc3cc(F)cc(F)c3)CC=C2)C(O)C1F. The Morgan fingerprint density at radius 1 is 1.20 bits per heavy atom. The Balaban J connectivity index is 2.09. The zero-order chi connectivity index (χ0) is 18.3. The molecule has 0 aromatic heterocycles. The molecule has 0 bridgehead atoms. The molecule has 0 amide bonds. The van der Waals surface area contributed by atoms with Gasteiger partial charge in [0.05, 0.1) is 11.1 Å². The number of halogens is 5. The van der Waals surface area contributed by atoms with E-state index < -0.39 is 57.7 Å². The number of ether oxygens (including phenoxy) is 1. The van der Waals surface area contributed by atoms with Gasteiger partial charge >= 0.3 is 0 Å². The van der Waals surface area contributed by atoms with E-state index in [1.165, 1.54) is 12.2 Å². The van der Waals surface area contributed by atoms with Crippen LogP contribution in [-0.4, -0.2) is 27.7 Å². The van der Waals surface area contributed by atoms with Crippen LogP contribution in [0.3, 0.4) is 0 Å². The normalized spacial score (nSPS) is 26.3. The van der Waals surface area contributed by atoms with Crippen molar-refractivity contribution in [3.63, 3.8) is 0 Å². The fourth-order valence-corrected chi connectivity index (χ4v) is 3.96. The number of benzene rings is 1. The van der Waals surface area contributed by atoms with Crippen LogP contribution in [0, 0.1) is 11.6 Å². The van der Waals surface area contributed by atoms with Crippen LogP contribution < -0.4 is 4.74 Å². The fourth-order valence-electron chi connectivity index (χ4n) is 2.67. The molecule has 1 aromatic rings. The lowest BCUT2D eigenvalue weighted by Crippen LogP contribution is -2.26. The van der Waals surface area contributed by atoms with Gasteiger partial charge in [-0.1, -0.05) is 6.08 Å². The van der Waals surface area contributed by atoms with Crippen molar-refractivity contribution < 1.29 is 36.3 Å². The molecule has 0 spiro atoms. The van der Waals surface area contributed by atoms with Crippen LogP contribution in [0.5, 0.6) is 5.75 Å². The van der Waals surface area contributed by atoms with E-state index in [1.54, 1.807) is 0 Å². The monoisotopic (exact) mass is 378 g/mol. The van der Waals surface area contributed by atoms with Crippen molar-refractivity contribution in [3.05, 3.63) is 63.8 Å². The highest BCUT2D eigenvalue weighted by atomic mass is 32.2. The van der Waals surface area contributed by atoms with Gasteiger partial charge in [0.2, 0.25) is 0 Å². The van der Waals surface area contributed by atoms with E-state index in [-0.39, 0.29) is 17.1 Å². The number of hydrogen-bond acceptors (Lipinski definition) is 3. The Morgan fingerprint density at radius 3 is 2.44 bits per heavy atom. The van der Waals surface area contributed by atoms with Gasteiger partial charge in [-0.2, -0.15) is 4.39 Å². The molecule has 0 radical (unpaired) electrons. The van der Waals surface area contributed by atoms with E-state index in [0.29, 0.717) is 6.07 Å². The van der Waals surface area contributed by atoms with Crippen molar-refractivity contribution in [2.75, 3.05) is 0 Å². The molecular formula is C16H11F5O3S. The Hall–Kier alpha value is -1.84.